The number of aryl methyl sites for hydroxylation is 3. The van der Waals surface area contributed by atoms with E-state index in [4.69, 9.17) is 0 Å². The monoisotopic (exact) mass is 486 g/mol. The fourth-order valence-corrected chi connectivity index (χ4v) is 5.75. The van der Waals surface area contributed by atoms with Gasteiger partial charge in [0, 0.05) is 35.8 Å². The number of halogens is 2. The predicted octanol–water partition coefficient (Wildman–Crippen LogP) is 4.31. The Hall–Kier alpha value is -2.84. The van der Waals surface area contributed by atoms with Crippen LogP contribution in [0.1, 0.15) is 41.5 Å². The average Bonchev–Trinajstić information content (AvgIpc) is 2.77. The number of rotatable bonds is 6. The first-order valence-electron chi connectivity index (χ1n) is 11.3. The summed E-state index contributed by atoms with van der Waals surface area (Å²) >= 11 is 0. The number of sulfonamides is 1. The van der Waals surface area contributed by atoms with Gasteiger partial charge in [-0.3, -0.25) is 4.79 Å². The van der Waals surface area contributed by atoms with Gasteiger partial charge >= 0.3 is 0 Å². The standard InChI is InChI=1S/C26H28F2N2O3S/c1-4-30-11-10-18-8-9-23(29-34(3,32)33)21(24(18)26(30)31)15-17-6-5-7-19(14-17)20-12-16(2)13-22(27)25(20)28/h5-7,10-14,21,23,29H,4,8-9,15H2,1-3H3. The summed E-state index contributed by atoms with van der Waals surface area (Å²) in [6.45, 7) is 4.10. The lowest BCUT2D eigenvalue weighted by molar-refractivity contribution is 0.424. The molecule has 0 amide bonds. The largest absolute Gasteiger partial charge is 0.316 e. The van der Waals surface area contributed by atoms with Crippen molar-refractivity contribution in [1.29, 1.82) is 0 Å². The van der Waals surface area contributed by atoms with E-state index in [9.17, 15) is 22.0 Å². The molecule has 1 N–H and O–H groups in total. The first-order chi connectivity index (χ1) is 16.1. The Morgan fingerprint density at radius 3 is 2.62 bits per heavy atom. The molecule has 1 aliphatic carbocycles. The highest BCUT2D eigenvalue weighted by Crippen LogP contribution is 2.34. The predicted molar refractivity (Wildman–Crippen MR) is 129 cm³/mol. The quantitative estimate of drug-likeness (QED) is 0.565. The number of hydrogen-bond donors (Lipinski definition) is 1. The van der Waals surface area contributed by atoms with Gasteiger partial charge in [-0.2, -0.15) is 0 Å². The molecule has 2 aromatic carbocycles. The molecule has 0 saturated carbocycles. The van der Waals surface area contributed by atoms with E-state index in [1.807, 2.05) is 19.1 Å². The number of fused-ring (bicyclic) bond motifs is 1. The molecular weight excluding hydrogens is 458 g/mol. The van der Waals surface area contributed by atoms with Crippen LogP contribution >= 0.6 is 0 Å². The number of benzene rings is 2. The fourth-order valence-electron chi connectivity index (χ4n) is 4.92. The third kappa shape index (κ3) is 4.98. The highest BCUT2D eigenvalue weighted by molar-refractivity contribution is 7.88. The van der Waals surface area contributed by atoms with E-state index >= 15 is 0 Å². The molecule has 0 aliphatic heterocycles. The summed E-state index contributed by atoms with van der Waals surface area (Å²) < 4.78 is 57.1. The van der Waals surface area contributed by atoms with Crippen LogP contribution < -0.4 is 10.3 Å². The number of nitrogens with zero attached hydrogens (tertiary/aromatic N) is 1. The van der Waals surface area contributed by atoms with Crippen LogP contribution in [0.3, 0.4) is 0 Å². The molecule has 0 radical (unpaired) electrons. The minimum atomic E-state index is -3.50. The van der Waals surface area contributed by atoms with E-state index in [2.05, 4.69) is 4.72 Å². The number of nitrogens with one attached hydrogen (secondary N) is 1. The molecular formula is C26H28F2N2O3S. The normalized spacial score (nSPS) is 18.0. The molecule has 0 spiro atoms. The summed E-state index contributed by atoms with van der Waals surface area (Å²) in [5.41, 5.74) is 3.54. The van der Waals surface area contributed by atoms with E-state index in [1.165, 1.54) is 0 Å². The second-order valence-corrected chi connectivity index (χ2v) is 10.8. The topological polar surface area (TPSA) is 68.2 Å². The second-order valence-electron chi connectivity index (χ2n) is 9.00. The van der Waals surface area contributed by atoms with Crippen LogP contribution in [0.5, 0.6) is 0 Å². The van der Waals surface area contributed by atoms with Crippen molar-refractivity contribution >= 4 is 10.0 Å². The van der Waals surface area contributed by atoms with E-state index in [0.29, 0.717) is 42.5 Å². The summed E-state index contributed by atoms with van der Waals surface area (Å²) in [6.07, 6.45) is 4.44. The lowest BCUT2D eigenvalue weighted by atomic mass is 9.77. The Morgan fingerprint density at radius 1 is 1.15 bits per heavy atom. The van der Waals surface area contributed by atoms with Crippen molar-refractivity contribution in [2.45, 2.75) is 51.6 Å². The molecule has 1 aromatic heterocycles. The van der Waals surface area contributed by atoms with Crippen molar-refractivity contribution in [3.05, 3.63) is 92.9 Å². The molecule has 2 atom stereocenters. The number of aromatic nitrogens is 1. The molecule has 1 aliphatic rings. The average molecular weight is 487 g/mol. The van der Waals surface area contributed by atoms with Crippen molar-refractivity contribution in [2.75, 3.05) is 6.26 Å². The van der Waals surface area contributed by atoms with Gasteiger partial charge in [-0.05, 0) is 73.6 Å². The molecule has 3 aromatic rings. The van der Waals surface area contributed by atoms with Gasteiger partial charge in [-0.1, -0.05) is 24.3 Å². The van der Waals surface area contributed by atoms with Crippen molar-refractivity contribution < 1.29 is 17.2 Å². The van der Waals surface area contributed by atoms with Gasteiger partial charge in [0.1, 0.15) is 0 Å². The Bertz CT molecular complexity index is 1400. The van der Waals surface area contributed by atoms with Gasteiger partial charge in [0.25, 0.3) is 5.56 Å². The third-order valence-electron chi connectivity index (χ3n) is 6.45. The summed E-state index contributed by atoms with van der Waals surface area (Å²) in [6, 6.07) is 11.4. The third-order valence-corrected chi connectivity index (χ3v) is 7.18. The van der Waals surface area contributed by atoms with Gasteiger partial charge in [-0.15, -0.1) is 0 Å². The maximum Gasteiger partial charge on any atom is 0.254 e. The fraction of sp³-hybridized carbons (Fsp3) is 0.346. The van der Waals surface area contributed by atoms with Gasteiger partial charge < -0.3 is 4.57 Å². The van der Waals surface area contributed by atoms with Gasteiger partial charge in [0.2, 0.25) is 10.0 Å². The van der Waals surface area contributed by atoms with Crippen LogP contribution in [0.15, 0.2) is 53.5 Å². The molecule has 0 bridgehead atoms. The van der Waals surface area contributed by atoms with Gasteiger partial charge in [0.15, 0.2) is 11.6 Å². The zero-order chi connectivity index (χ0) is 24.6. The van der Waals surface area contributed by atoms with E-state index in [0.717, 1.165) is 23.4 Å². The maximum absolute atomic E-state index is 14.5. The van der Waals surface area contributed by atoms with Gasteiger partial charge in [0.05, 0.1) is 6.26 Å². The van der Waals surface area contributed by atoms with Gasteiger partial charge in [-0.25, -0.2) is 21.9 Å². The van der Waals surface area contributed by atoms with Crippen LogP contribution in [0.2, 0.25) is 0 Å². The molecule has 5 nitrogen and oxygen atoms in total. The maximum atomic E-state index is 14.5. The Labute approximate surface area is 198 Å². The number of hydrogen-bond acceptors (Lipinski definition) is 3. The van der Waals surface area contributed by atoms with Crippen LogP contribution in [-0.4, -0.2) is 25.3 Å². The van der Waals surface area contributed by atoms with Crippen LogP contribution in [0, 0.1) is 18.6 Å². The minimum Gasteiger partial charge on any atom is -0.316 e. The summed E-state index contributed by atoms with van der Waals surface area (Å²) in [4.78, 5) is 13.3. The molecule has 180 valence electrons. The first kappa shape index (κ1) is 24.3. The van der Waals surface area contributed by atoms with E-state index in [-0.39, 0.29) is 17.0 Å². The van der Waals surface area contributed by atoms with Crippen LogP contribution in [0.25, 0.3) is 11.1 Å². The lowest BCUT2D eigenvalue weighted by Crippen LogP contribution is -2.45. The molecule has 2 unspecified atom stereocenters. The zero-order valence-electron chi connectivity index (χ0n) is 19.4. The van der Waals surface area contributed by atoms with E-state index in [1.54, 1.807) is 42.0 Å². The highest BCUT2D eigenvalue weighted by Gasteiger charge is 2.34. The molecule has 34 heavy (non-hydrogen) atoms. The summed E-state index contributed by atoms with van der Waals surface area (Å²) in [5, 5.41) is 0. The van der Waals surface area contributed by atoms with Crippen molar-refractivity contribution in [3.8, 4) is 11.1 Å². The molecule has 1 heterocycles. The zero-order valence-corrected chi connectivity index (χ0v) is 20.3. The van der Waals surface area contributed by atoms with Crippen LogP contribution in [0.4, 0.5) is 8.78 Å². The number of pyridine rings is 1. The summed E-state index contributed by atoms with van der Waals surface area (Å²) in [5.74, 6) is -2.20. The highest BCUT2D eigenvalue weighted by atomic mass is 32.2. The smallest absolute Gasteiger partial charge is 0.254 e. The Morgan fingerprint density at radius 2 is 1.91 bits per heavy atom. The minimum absolute atomic E-state index is 0.118. The molecule has 8 heteroatoms. The van der Waals surface area contributed by atoms with Crippen molar-refractivity contribution in [2.24, 2.45) is 0 Å². The van der Waals surface area contributed by atoms with Crippen molar-refractivity contribution in [3.63, 3.8) is 0 Å². The van der Waals surface area contributed by atoms with E-state index < -0.39 is 27.7 Å². The Kier molecular flexibility index (Phi) is 6.73. The molecule has 0 fully saturated rings. The summed E-state index contributed by atoms with van der Waals surface area (Å²) in [7, 11) is -3.50. The van der Waals surface area contributed by atoms with Crippen LogP contribution in [-0.2, 0) is 29.4 Å². The lowest BCUT2D eigenvalue weighted by Gasteiger charge is -2.33. The SMILES string of the molecule is CCn1ccc2c(c1=O)C(Cc1cccc(-c3cc(C)cc(F)c3F)c1)C(NS(C)(=O)=O)CC2. The van der Waals surface area contributed by atoms with Crippen molar-refractivity contribution in [1.82, 2.24) is 9.29 Å². The first-order valence-corrected chi connectivity index (χ1v) is 13.2. The molecule has 0 saturated heterocycles. The molecule has 4 rings (SSSR count). The second kappa shape index (κ2) is 9.43. The Balaban J connectivity index is 1.79.